The normalized spacial score (nSPS) is 10.7. The van der Waals surface area contributed by atoms with Crippen LogP contribution in [0, 0.1) is 6.92 Å². The van der Waals surface area contributed by atoms with Crippen molar-refractivity contribution in [2.45, 2.75) is 13.3 Å². The van der Waals surface area contributed by atoms with Crippen LogP contribution in [0.4, 0.5) is 11.5 Å². The molecule has 0 bridgehead atoms. The molecule has 4 aromatic rings. The van der Waals surface area contributed by atoms with Gasteiger partial charge in [-0.2, -0.15) is 0 Å². The fourth-order valence-corrected chi connectivity index (χ4v) is 3.24. The number of nitrogens with zero attached hydrogens (tertiary/aromatic N) is 5. The molecule has 4 rings (SSSR count). The predicted octanol–water partition coefficient (Wildman–Crippen LogP) is 4.33. The van der Waals surface area contributed by atoms with Gasteiger partial charge in [0.15, 0.2) is 0 Å². The van der Waals surface area contributed by atoms with E-state index in [0.29, 0.717) is 6.54 Å². The molecule has 6 heteroatoms. The van der Waals surface area contributed by atoms with E-state index >= 15 is 0 Å². The fourth-order valence-electron chi connectivity index (χ4n) is 3.24. The van der Waals surface area contributed by atoms with Crippen LogP contribution in [-0.4, -0.2) is 31.6 Å². The average molecular weight is 383 g/mol. The third kappa shape index (κ3) is 4.38. The van der Waals surface area contributed by atoms with Crippen LogP contribution in [0.25, 0.3) is 11.4 Å². The summed E-state index contributed by atoms with van der Waals surface area (Å²) < 4.78 is 0. The third-order valence-electron chi connectivity index (χ3n) is 4.59. The van der Waals surface area contributed by atoms with E-state index in [1.807, 2.05) is 55.5 Å². The number of hydrogen-bond donors (Lipinski definition) is 1. The van der Waals surface area contributed by atoms with Gasteiger partial charge in [-0.1, -0.05) is 18.2 Å². The molecule has 3 heterocycles. The van der Waals surface area contributed by atoms with E-state index in [1.54, 1.807) is 24.5 Å². The smallest absolute Gasteiger partial charge is 0.136 e. The van der Waals surface area contributed by atoms with E-state index in [2.05, 4.69) is 24.8 Å². The van der Waals surface area contributed by atoms with Gasteiger partial charge in [-0.25, -0.2) is 9.97 Å². The summed E-state index contributed by atoms with van der Waals surface area (Å²) in [7, 11) is 0. The molecule has 0 saturated carbocycles. The Labute approximate surface area is 169 Å². The third-order valence-corrected chi connectivity index (χ3v) is 4.59. The minimum absolute atomic E-state index is 0.266. The lowest BCUT2D eigenvalue weighted by Crippen LogP contribution is -2.22. The van der Waals surface area contributed by atoms with E-state index in [0.717, 1.165) is 40.6 Å². The van der Waals surface area contributed by atoms with E-state index in [-0.39, 0.29) is 5.75 Å². The Kier molecular flexibility index (Phi) is 5.42. The number of hydrogen-bond acceptors (Lipinski definition) is 6. The second-order valence-corrected chi connectivity index (χ2v) is 6.67. The second kappa shape index (κ2) is 8.48. The van der Waals surface area contributed by atoms with Gasteiger partial charge < -0.3 is 10.0 Å². The molecule has 3 aromatic heterocycles. The van der Waals surface area contributed by atoms with Crippen molar-refractivity contribution in [3.8, 4) is 17.1 Å². The highest BCUT2D eigenvalue weighted by atomic mass is 16.3. The Hall–Kier alpha value is -3.80. The topological polar surface area (TPSA) is 75.0 Å². The summed E-state index contributed by atoms with van der Waals surface area (Å²) in [5, 5.41) is 9.78. The Morgan fingerprint density at radius 2 is 1.83 bits per heavy atom. The van der Waals surface area contributed by atoms with Crippen LogP contribution in [0.15, 0.2) is 79.4 Å². The summed E-state index contributed by atoms with van der Waals surface area (Å²) >= 11 is 0. The Morgan fingerprint density at radius 3 is 2.62 bits per heavy atom. The van der Waals surface area contributed by atoms with E-state index in [9.17, 15) is 5.11 Å². The van der Waals surface area contributed by atoms with Crippen LogP contribution in [0.3, 0.4) is 0 Å². The largest absolute Gasteiger partial charge is 0.508 e. The van der Waals surface area contributed by atoms with E-state index < -0.39 is 0 Å². The Bertz CT molecular complexity index is 1100. The van der Waals surface area contributed by atoms with Gasteiger partial charge in [0.25, 0.3) is 0 Å². The van der Waals surface area contributed by atoms with Crippen molar-refractivity contribution < 1.29 is 5.11 Å². The molecule has 0 atom stereocenters. The first-order chi connectivity index (χ1) is 14.2. The number of pyridine rings is 2. The number of phenolic OH excluding ortho intramolecular Hbond substituents is 1. The van der Waals surface area contributed by atoms with Crippen molar-refractivity contribution >= 4 is 11.5 Å². The van der Waals surface area contributed by atoms with E-state index in [1.165, 1.54) is 6.33 Å². The van der Waals surface area contributed by atoms with Gasteiger partial charge in [-0.15, -0.1) is 0 Å². The van der Waals surface area contributed by atoms with Crippen molar-refractivity contribution in [2.75, 3.05) is 11.4 Å². The first kappa shape index (κ1) is 18.6. The monoisotopic (exact) mass is 383 g/mol. The van der Waals surface area contributed by atoms with Gasteiger partial charge in [-0.05, 0) is 61.4 Å². The molecule has 1 N–H and O–H groups in total. The summed E-state index contributed by atoms with van der Waals surface area (Å²) in [5.74, 6) is 1.05. The van der Waals surface area contributed by atoms with E-state index in [4.69, 9.17) is 0 Å². The Morgan fingerprint density at radius 1 is 0.931 bits per heavy atom. The molecule has 0 aliphatic rings. The second-order valence-electron chi connectivity index (χ2n) is 6.67. The molecule has 0 unspecified atom stereocenters. The number of aryl methyl sites for hydroxylation is 1. The number of benzene rings is 1. The lowest BCUT2D eigenvalue weighted by atomic mass is 10.1. The number of phenols is 1. The van der Waals surface area contributed by atoms with Gasteiger partial charge >= 0.3 is 0 Å². The number of aromatic hydroxyl groups is 1. The molecule has 0 aliphatic carbocycles. The molecule has 0 spiro atoms. The minimum Gasteiger partial charge on any atom is -0.508 e. The first-order valence-corrected chi connectivity index (χ1v) is 9.41. The molecule has 0 aliphatic heterocycles. The predicted molar refractivity (Wildman–Crippen MR) is 113 cm³/mol. The maximum Gasteiger partial charge on any atom is 0.136 e. The number of rotatable bonds is 6. The highest BCUT2D eigenvalue weighted by molar-refractivity contribution is 5.76. The van der Waals surface area contributed by atoms with Crippen LogP contribution >= 0.6 is 0 Å². The van der Waals surface area contributed by atoms with Gasteiger partial charge in [0.05, 0.1) is 11.4 Å². The van der Waals surface area contributed by atoms with Gasteiger partial charge in [0, 0.05) is 24.6 Å². The molecule has 0 fully saturated rings. The molecule has 0 radical (unpaired) electrons. The molecule has 144 valence electrons. The van der Waals surface area contributed by atoms with Gasteiger partial charge in [0.2, 0.25) is 0 Å². The number of anilines is 2. The summed E-state index contributed by atoms with van der Waals surface area (Å²) in [6.45, 7) is 2.63. The maximum atomic E-state index is 9.78. The molecule has 1 aromatic carbocycles. The maximum absolute atomic E-state index is 9.78. The lowest BCUT2D eigenvalue weighted by molar-refractivity contribution is 0.474. The van der Waals surface area contributed by atoms with Crippen molar-refractivity contribution in [1.29, 1.82) is 0 Å². The summed E-state index contributed by atoms with van der Waals surface area (Å²) in [6.07, 6.45) is 5.77. The quantitative estimate of drug-likeness (QED) is 0.534. The fraction of sp³-hybridized carbons (Fsp3) is 0.130. The van der Waals surface area contributed by atoms with Crippen molar-refractivity contribution in [3.63, 3.8) is 0 Å². The molecule has 0 amide bonds. The average Bonchev–Trinajstić information content (AvgIpc) is 2.75. The number of aromatic nitrogens is 4. The standard InChI is InChI=1S/C23H21N5O/c1-17-5-2-8-20(27-17)23-21(9-4-12-25-23)28(22-10-13-24-16-26-22)14-11-18-6-3-7-19(29)15-18/h2-10,12-13,15-16,29H,11,14H2,1H3. The summed E-state index contributed by atoms with van der Waals surface area (Å²) in [5.41, 5.74) is 4.52. The van der Waals surface area contributed by atoms with Crippen LogP contribution in [0.2, 0.25) is 0 Å². The SMILES string of the molecule is Cc1cccc(-c2ncccc2N(CCc2cccc(O)c2)c2ccncn2)n1. The zero-order valence-electron chi connectivity index (χ0n) is 16.1. The summed E-state index contributed by atoms with van der Waals surface area (Å²) in [4.78, 5) is 19.9. The van der Waals surface area contributed by atoms with Crippen molar-refractivity contribution in [2.24, 2.45) is 0 Å². The molecule has 6 nitrogen and oxygen atoms in total. The zero-order chi connectivity index (χ0) is 20.1. The van der Waals surface area contributed by atoms with Crippen LogP contribution in [0.5, 0.6) is 5.75 Å². The minimum atomic E-state index is 0.266. The van der Waals surface area contributed by atoms with Gasteiger partial charge in [-0.3, -0.25) is 9.97 Å². The van der Waals surface area contributed by atoms with Gasteiger partial charge in [0.1, 0.15) is 23.6 Å². The van der Waals surface area contributed by atoms with Crippen molar-refractivity contribution in [3.05, 3.63) is 90.6 Å². The van der Waals surface area contributed by atoms with Crippen molar-refractivity contribution in [1.82, 2.24) is 19.9 Å². The highest BCUT2D eigenvalue weighted by Gasteiger charge is 2.17. The highest BCUT2D eigenvalue weighted by Crippen LogP contribution is 2.32. The van der Waals surface area contributed by atoms with Crippen LogP contribution in [0.1, 0.15) is 11.3 Å². The summed E-state index contributed by atoms with van der Waals surface area (Å²) in [6, 6.07) is 19.0. The van der Waals surface area contributed by atoms with Crippen LogP contribution in [-0.2, 0) is 6.42 Å². The molecule has 29 heavy (non-hydrogen) atoms. The lowest BCUT2D eigenvalue weighted by Gasteiger charge is -2.25. The first-order valence-electron chi connectivity index (χ1n) is 9.41. The Balaban J connectivity index is 1.74. The van der Waals surface area contributed by atoms with Crippen LogP contribution < -0.4 is 4.90 Å². The molecular formula is C23H21N5O. The molecule has 0 saturated heterocycles. The molecular weight excluding hydrogens is 362 g/mol. The zero-order valence-corrected chi connectivity index (χ0v) is 16.1.